The largest absolute Gasteiger partial charge is 0.384 e. The Bertz CT molecular complexity index is 845. The minimum absolute atomic E-state index is 0.486. The van der Waals surface area contributed by atoms with E-state index in [1.807, 2.05) is 30.3 Å². The Morgan fingerprint density at radius 1 is 1.10 bits per heavy atom. The van der Waals surface area contributed by atoms with Crippen molar-refractivity contribution in [3.05, 3.63) is 65.2 Å². The van der Waals surface area contributed by atoms with Gasteiger partial charge in [0.1, 0.15) is 5.82 Å². The average Bonchev–Trinajstić information content (AvgIpc) is 2.89. The molecule has 4 nitrogen and oxygen atoms in total. The molecule has 0 amide bonds. The van der Waals surface area contributed by atoms with Crippen molar-refractivity contribution in [3.8, 4) is 23.0 Å². The number of hydrogen-bond acceptors (Lipinski definition) is 3. The fraction of sp³-hybridized carbons (Fsp3) is 0. The van der Waals surface area contributed by atoms with Crippen molar-refractivity contribution in [2.45, 2.75) is 0 Å². The Kier molecular flexibility index (Phi) is 3.35. The van der Waals surface area contributed by atoms with Crippen LogP contribution in [0.1, 0.15) is 5.56 Å². The summed E-state index contributed by atoms with van der Waals surface area (Å²) in [5.41, 5.74) is 8.84. The standard InChI is InChI=1S/C16H11ClN4/c17-14-7-2-1-6-13(14)15-9-16(19)21(20-15)12-5-3-4-11(8-12)10-18/h1-9H,19H2. The lowest BCUT2D eigenvalue weighted by Gasteiger charge is -2.04. The van der Waals surface area contributed by atoms with Crippen LogP contribution in [0.3, 0.4) is 0 Å². The Morgan fingerprint density at radius 2 is 1.90 bits per heavy atom. The topological polar surface area (TPSA) is 67.6 Å². The number of anilines is 1. The van der Waals surface area contributed by atoms with E-state index in [-0.39, 0.29) is 0 Å². The third kappa shape index (κ3) is 2.47. The van der Waals surface area contributed by atoms with Crippen molar-refractivity contribution in [1.29, 1.82) is 5.26 Å². The molecule has 2 N–H and O–H groups in total. The SMILES string of the molecule is N#Cc1cccc(-n2nc(-c3ccccc3Cl)cc2N)c1. The molecule has 0 saturated heterocycles. The molecule has 0 spiro atoms. The van der Waals surface area contributed by atoms with Crippen LogP contribution >= 0.6 is 11.6 Å². The van der Waals surface area contributed by atoms with Gasteiger partial charge < -0.3 is 5.73 Å². The van der Waals surface area contributed by atoms with E-state index < -0.39 is 0 Å². The molecule has 1 heterocycles. The number of rotatable bonds is 2. The number of benzene rings is 2. The van der Waals surface area contributed by atoms with E-state index in [2.05, 4.69) is 11.2 Å². The maximum Gasteiger partial charge on any atom is 0.127 e. The zero-order chi connectivity index (χ0) is 14.8. The maximum atomic E-state index is 8.97. The molecule has 0 radical (unpaired) electrons. The quantitative estimate of drug-likeness (QED) is 0.784. The van der Waals surface area contributed by atoms with Gasteiger partial charge in [-0.25, -0.2) is 4.68 Å². The van der Waals surface area contributed by atoms with Gasteiger partial charge in [-0.1, -0.05) is 35.9 Å². The van der Waals surface area contributed by atoms with Gasteiger partial charge in [0.15, 0.2) is 0 Å². The summed E-state index contributed by atoms with van der Waals surface area (Å²) < 4.78 is 1.60. The normalized spacial score (nSPS) is 10.3. The van der Waals surface area contributed by atoms with Crippen LogP contribution in [-0.2, 0) is 0 Å². The second-order valence-electron chi connectivity index (χ2n) is 4.51. The van der Waals surface area contributed by atoms with E-state index in [0.29, 0.717) is 22.1 Å². The fourth-order valence-corrected chi connectivity index (χ4v) is 2.34. The highest BCUT2D eigenvalue weighted by molar-refractivity contribution is 6.33. The van der Waals surface area contributed by atoms with Crippen molar-refractivity contribution in [2.24, 2.45) is 0 Å². The molecule has 0 aliphatic heterocycles. The van der Waals surface area contributed by atoms with Crippen LogP contribution in [0.25, 0.3) is 16.9 Å². The van der Waals surface area contributed by atoms with Crippen LogP contribution in [0.5, 0.6) is 0 Å². The number of nitrogen functional groups attached to an aromatic ring is 1. The van der Waals surface area contributed by atoms with Gasteiger partial charge in [-0.2, -0.15) is 10.4 Å². The summed E-state index contributed by atoms with van der Waals surface area (Å²) in [6.45, 7) is 0. The van der Waals surface area contributed by atoms with Crippen molar-refractivity contribution < 1.29 is 0 Å². The van der Waals surface area contributed by atoms with Crippen LogP contribution in [0.2, 0.25) is 5.02 Å². The lowest BCUT2D eigenvalue weighted by molar-refractivity contribution is 0.894. The summed E-state index contributed by atoms with van der Waals surface area (Å²) in [5, 5.41) is 14.1. The van der Waals surface area contributed by atoms with Gasteiger partial charge in [0.2, 0.25) is 0 Å². The third-order valence-corrected chi connectivity index (χ3v) is 3.44. The second-order valence-corrected chi connectivity index (χ2v) is 4.92. The summed E-state index contributed by atoms with van der Waals surface area (Å²) in [6, 6.07) is 18.4. The summed E-state index contributed by atoms with van der Waals surface area (Å²) in [7, 11) is 0. The molecular weight excluding hydrogens is 284 g/mol. The van der Waals surface area contributed by atoms with Crippen molar-refractivity contribution in [3.63, 3.8) is 0 Å². The minimum Gasteiger partial charge on any atom is -0.384 e. The van der Waals surface area contributed by atoms with Crippen LogP contribution in [0.4, 0.5) is 5.82 Å². The monoisotopic (exact) mass is 294 g/mol. The van der Waals surface area contributed by atoms with Crippen LogP contribution in [0, 0.1) is 11.3 Å². The molecule has 3 aromatic rings. The number of nitrogens with two attached hydrogens (primary N) is 1. The molecule has 0 bridgehead atoms. The van der Waals surface area contributed by atoms with E-state index in [0.717, 1.165) is 11.3 Å². The number of aromatic nitrogens is 2. The van der Waals surface area contributed by atoms with E-state index >= 15 is 0 Å². The van der Waals surface area contributed by atoms with E-state index in [1.54, 1.807) is 28.9 Å². The number of halogens is 1. The zero-order valence-electron chi connectivity index (χ0n) is 11.0. The van der Waals surface area contributed by atoms with Gasteiger partial charge in [0, 0.05) is 11.6 Å². The van der Waals surface area contributed by atoms with Gasteiger partial charge in [-0.05, 0) is 24.3 Å². The first-order chi connectivity index (χ1) is 10.2. The number of nitriles is 1. The van der Waals surface area contributed by atoms with Gasteiger partial charge >= 0.3 is 0 Å². The highest BCUT2D eigenvalue weighted by Crippen LogP contribution is 2.28. The van der Waals surface area contributed by atoms with Crippen molar-refractivity contribution >= 4 is 17.4 Å². The fourth-order valence-electron chi connectivity index (χ4n) is 2.11. The molecule has 0 unspecified atom stereocenters. The predicted molar refractivity (Wildman–Crippen MR) is 83.1 cm³/mol. The van der Waals surface area contributed by atoms with Crippen LogP contribution < -0.4 is 5.73 Å². The average molecular weight is 295 g/mol. The van der Waals surface area contributed by atoms with Gasteiger partial charge in [0.05, 0.1) is 28.0 Å². The summed E-state index contributed by atoms with van der Waals surface area (Å²) in [5.74, 6) is 0.486. The first-order valence-corrected chi connectivity index (χ1v) is 6.68. The Balaban J connectivity index is 2.10. The number of hydrogen-bond donors (Lipinski definition) is 1. The summed E-state index contributed by atoms with van der Waals surface area (Å²) >= 11 is 6.18. The Labute approximate surface area is 127 Å². The lowest BCUT2D eigenvalue weighted by atomic mass is 10.1. The van der Waals surface area contributed by atoms with Crippen LogP contribution in [-0.4, -0.2) is 9.78 Å². The van der Waals surface area contributed by atoms with Gasteiger partial charge in [0.25, 0.3) is 0 Å². The molecule has 21 heavy (non-hydrogen) atoms. The Hall–Kier alpha value is -2.77. The minimum atomic E-state index is 0.486. The van der Waals surface area contributed by atoms with Crippen LogP contribution in [0.15, 0.2) is 54.6 Å². The zero-order valence-corrected chi connectivity index (χ0v) is 11.7. The molecule has 0 atom stereocenters. The van der Waals surface area contributed by atoms with Crippen molar-refractivity contribution in [2.75, 3.05) is 5.73 Å². The highest BCUT2D eigenvalue weighted by Gasteiger charge is 2.11. The van der Waals surface area contributed by atoms with Gasteiger partial charge in [-0.15, -0.1) is 0 Å². The lowest BCUT2D eigenvalue weighted by Crippen LogP contribution is -2.01. The molecule has 1 aromatic heterocycles. The molecule has 102 valence electrons. The van der Waals surface area contributed by atoms with Gasteiger partial charge in [-0.3, -0.25) is 0 Å². The first-order valence-electron chi connectivity index (χ1n) is 6.30. The van der Waals surface area contributed by atoms with E-state index in [1.165, 1.54) is 0 Å². The highest BCUT2D eigenvalue weighted by atomic mass is 35.5. The molecule has 0 saturated carbocycles. The molecule has 2 aromatic carbocycles. The maximum absolute atomic E-state index is 8.97. The molecule has 3 rings (SSSR count). The predicted octanol–water partition coefficient (Wildman–Crippen LogP) is 3.65. The molecular formula is C16H11ClN4. The smallest absolute Gasteiger partial charge is 0.127 e. The molecule has 0 fully saturated rings. The second kappa shape index (κ2) is 5.31. The molecule has 0 aliphatic rings. The summed E-state index contributed by atoms with van der Waals surface area (Å²) in [4.78, 5) is 0. The summed E-state index contributed by atoms with van der Waals surface area (Å²) in [6.07, 6.45) is 0. The van der Waals surface area contributed by atoms with Crippen molar-refractivity contribution in [1.82, 2.24) is 9.78 Å². The van der Waals surface area contributed by atoms with E-state index in [9.17, 15) is 0 Å². The third-order valence-electron chi connectivity index (χ3n) is 3.11. The van der Waals surface area contributed by atoms with E-state index in [4.69, 9.17) is 22.6 Å². The number of nitrogens with zero attached hydrogens (tertiary/aromatic N) is 3. The molecule has 0 aliphatic carbocycles. The molecule has 5 heteroatoms. The Morgan fingerprint density at radius 3 is 2.67 bits per heavy atom. The first kappa shape index (κ1) is 13.2.